The van der Waals surface area contributed by atoms with Crippen molar-refractivity contribution < 1.29 is 14.4 Å². The molecule has 0 heterocycles. The number of likely N-dealkylation sites (N-methyl/N-ethyl adjacent to an activating group) is 1. The first-order valence-corrected chi connectivity index (χ1v) is 3.27. The molecule has 0 saturated carbocycles. The van der Waals surface area contributed by atoms with Crippen LogP contribution in [0.15, 0.2) is 0 Å². The molecule has 0 aromatic rings. The molecular formula is C7H11NO3. The molecule has 0 rings (SSSR count). The maximum Gasteiger partial charge on any atom is 0.197 e. The molecule has 0 bridgehead atoms. The van der Waals surface area contributed by atoms with E-state index >= 15 is 0 Å². The van der Waals surface area contributed by atoms with E-state index < -0.39 is 11.8 Å². The quantitative estimate of drug-likeness (QED) is 0.424. The molecule has 0 amide bonds. The van der Waals surface area contributed by atoms with Crippen molar-refractivity contribution in [1.82, 2.24) is 5.32 Å². The lowest BCUT2D eigenvalue weighted by Gasteiger charge is -2.08. The minimum atomic E-state index is -0.556. The van der Waals surface area contributed by atoms with Crippen LogP contribution in [0.4, 0.5) is 0 Å². The van der Waals surface area contributed by atoms with Crippen molar-refractivity contribution in [3.63, 3.8) is 0 Å². The number of aldehydes is 1. The van der Waals surface area contributed by atoms with Crippen LogP contribution in [0.5, 0.6) is 0 Å². The minimum Gasteiger partial charge on any atom is -0.310 e. The van der Waals surface area contributed by atoms with E-state index in [0.717, 1.165) is 0 Å². The van der Waals surface area contributed by atoms with Crippen LogP contribution in [0, 0.1) is 0 Å². The number of hydrogen-bond donors (Lipinski definition) is 1. The van der Waals surface area contributed by atoms with Gasteiger partial charge in [0.1, 0.15) is 5.78 Å². The fourth-order valence-electron chi connectivity index (χ4n) is 0.698. The van der Waals surface area contributed by atoms with Gasteiger partial charge in [-0.2, -0.15) is 0 Å². The van der Waals surface area contributed by atoms with Crippen molar-refractivity contribution in [2.45, 2.75) is 19.4 Å². The third-order valence-electron chi connectivity index (χ3n) is 1.38. The SMILES string of the molecule is CN[C@@H](CC(=O)C=O)C(C)=O. The number of carbonyl (C=O) groups excluding carboxylic acids is 3. The Morgan fingerprint density at radius 2 is 2.09 bits per heavy atom. The molecule has 4 nitrogen and oxygen atoms in total. The number of nitrogens with one attached hydrogen (secondary N) is 1. The maximum absolute atomic E-state index is 10.7. The summed E-state index contributed by atoms with van der Waals surface area (Å²) in [6.07, 6.45) is 0.183. The standard InChI is InChI=1S/C7H11NO3/c1-5(10)7(8-2)3-6(11)4-9/h4,7-8H,3H2,1-2H3/t7-/m0/s1. The maximum atomic E-state index is 10.7. The monoisotopic (exact) mass is 157 g/mol. The van der Waals surface area contributed by atoms with Gasteiger partial charge in [-0.3, -0.25) is 14.4 Å². The Bertz CT molecular complexity index is 177. The molecule has 0 saturated heterocycles. The smallest absolute Gasteiger partial charge is 0.197 e. The topological polar surface area (TPSA) is 63.2 Å². The number of carbonyl (C=O) groups is 3. The third-order valence-corrected chi connectivity index (χ3v) is 1.38. The minimum absolute atomic E-state index is 0.0463. The largest absolute Gasteiger partial charge is 0.310 e. The summed E-state index contributed by atoms with van der Waals surface area (Å²) in [4.78, 5) is 31.1. The highest BCUT2D eigenvalue weighted by Gasteiger charge is 2.14. The normalized spacial score (nSPS) is 12.2. The molecule has 4 heteroatoms. The summed E-state index contributed by atoms with van der Waals surface area (Å²) in [5.41, 5.74) is 0. The molecule has 11 heavy (non-hydrogen) atoms. The Kier molecular flexibility index (Phi) is 4.29. The zero-order valence-corrected chi connectivity index (χ0v) is 6.59. The zero-order valence-electron chi connectivity index (χ0n) is 6.59. The molecular weight excluding hydrogens is 146 g/mol. The van der Waals surface area contributed by atoms with Crippen molar-refractivity contribution in [1.29, 1.82) is 0 Å². The molecule has 0 aromatic heterocycles. The van der Waals surface area contributed by atoms with E-state index in [0.29, 0.717) is 0 Å². The third kappa shape index (κ3) is 3.62. The lowest BCUT2D eigenvalue weighted by molar-refractivity contribution is -0.131. The second-order valence-electron chi connectivity index (χ2n) is 2.24. The fourth-order valence-corrected chi connectivity index (χ4v) is 0.698. The van der Waals surface area contributed by atoms with Crippen LogP contribution < -0.4 is 5.32 Å². The van der Waals surface area contributed by atoms with Crippen molar-refractivity contribution in [3.05, 3.63) is 0 Å². The molecule has 0 unspecified atom stereocenters. The van der Waals surface area contributed by atoms with E-state index in [4.69, 9.17) is 0 Å². The summed E-state index contributed by atoms with van der Waals surface area (Å²) in [6.45, 7) is 1.37. The summed E-state index contributed by atoms with van der Waals surface area (Å²) in [5, 5.41) is 2.64. The highest BCUT2D eigenvalue weighted by molar-refractivity contribution is 6.25. The Labute approximate surface area is 65.0 Å². The molecule has 1 N–H and O–H groups in total. The van der Waals surface area contributed by atoms with Crippen molar-refractivity contribution >= 4 is 17.9 Å². The van der Waals surface area contributed by atoms with Gasteiger partial charge in [-0.15, -0.1) is 0 Å². The molecule has 1 atom stereocenters. The number of rotatable bonds is 5. The van der Waals surface area contributed by atoms with Gasteiger partial charge >= 0.3 is 0 Å². The molecule has 62 valence electrons. The highest BCUT2D eigenvalue weighted by Crippen LogP contribution is 1.92. The summed E-state index contributed by atoms with van der Waals surface area (Å²) in [6, 6.07) is -0.521. The van der Waals surface area contributed by atoms with Crippen LogP contribution in [-0.4, -0.2) is 30.9 Å². The number of ketones is 2. The van der Waals surface area contributed by atoms with Gasteiger partial charge in [-0.1, -0.05) is 0 Å². The van der Waals surface area contributed by atoms with Gasteiger partial charge in [0, 0.05) is 6.42 Å². The van der Waals surface area contributed by atoms with Crippen molar-refractivity contribution in [2.24, 2.45) is 0 Å². The first kappa shape index (κ1) is 9.97. The van der Waals surface area contributed by atoms with Gasteiger partial charge in [0.05, 0.1) is 6.04 Å². The van der Waals surface area contributed by atoms with Crippen LogP contribution in [0.1, 0.15) is 13.3 Å². The van der Waals surface area contributed by atoms with Gasteiger partial charge in [-0.25, -0.2) is 0 Å². The molecule has 0 aliphatic carbocycles. The van der Waals surface area contributed by atoms with Crippen molar-refractivity contribution in [3.8, 4) is 0 Å². The first-order chi connectivity index (χ1) is 5.11. The summed E-state index contributed by atoms with van der Waals surface area (Å²) in [7, 11) is 1.57. The van der Waals surface area contributed by atoms with Gasteiger partial charge in [-0.05, 0) is 14.0 Å². The van der Waals surface area contributed by atoms with Crippen LogP contribution in [-0.2, 0) is 14.4 Å². The van der Waals surface area contributed by atoms with E-state index in [9.17, 15) is 14.4 Å². The average molecular weight is 157 g/mol. The van der Waals surface area contributed by atoms with Crippen LogP contribution in [0.2, 0.25) is 0 Å². The Hall–Kier alpha value is -1.03. The molecule has 0 radical (unpaired) electrons. The van der Waals surface area contributed by atoms with E-state index in [-0.39, 0.29) is 18.5 Å². The molecule has 0 aliphatic heterocycles. The van der Waals surface area contributed by atoms with Gasteiger partial charge in [0.15, 0.2) is 12.1 Å². The predicted octanol–water partition coefficient (Wildman–Crippen LogP) is -0.679. The molecule has 0 aromatic carbocycles. The Morgan fingerprint density at radius 1 is 1.55 bits per heavy atom. The second kappa shape index (κ2) is 4.73. The van der Waals surface area contributed by atoms with E-state index in [1.807, 2.05) is 0 Å². The number of hydrogen-bond acceptors (Lipinski definition) is 4. The van der Waals surface area contributed by atoms with Crippen LogP contribution >= 0.6 is 0 Å². The van der Waals surface area contributed by atoms with Crippen LogP contribution in [0.3, 0.4) is 0 Å². The second-order valence-corrected chi connectivity index (χ2v) is 2.24. The Balaban J connectivity index is 3.97. The van der Waals surface area contributed by atoms with E-state index in [1.54, 1.807) is 7.05 Å². The van der Waals surface area contributed by atoms with Gasteiger partial charge < -0.3 is 5.32 Å². The first-order valence-electron chi connectivity index (χ1n) is 3.27. The average Bonchev–Trinajstić information content (AvgIpc) is 1.99. The number of Topliss-reactive ketones (excluding diaryl/α,β-unsaturated/α-hetero) is 2. The molecule has 0 aliphatic rings. The molecule has 0 spiro atoms. The summed E-state index contributed by atoms with van der Waals surface area (Å²) in [5.74, 6) is -0.692. The summed E-state index contributed by atoms with van der Waals surface area (Å²) < 4.78 is 0. The summed E-state index contributed by atoms with van der Waals surface area (Å²) >= 11 is 0. The highest BCUT2D eigenvalue weighted by atomic mass is 16.2. The zero-order chi connectivity index (χ0) is 8.85. The lowest BCUT2D eigenvalue weighted by Crippen LogP contribution is -2.34. The lowest BCUT2D eigenvalue weighted by atomic mass is 10.1. The molecule has 0 fully saturated rings. The van der Waals surface area contributed by atoms with Gasteiger partial charge in [0.2, 0.25) is 0 Å². The van der Waals surface area contributed by atoms with E-state index in [1.165, 1.54) is 6.92 Å². The Morgan fingerprint density at radius 3 is 2.36 bits per heavy atom. The fraction of sp³-hybridized carbons (Fsp3) is 0.571. The van der Waals surface area contributed by atoms with Gasteiger partial charge in [0.25, 0.3) is 0 Å². The van der Waals surface area contributed by atoms with E-state index in [2.05, 4.69) is 5.32 Å². The van der Waals surface area contributed by atoms with Crippen molar-refractivity contribution in [2.75, 3.05) is 7.05 Å². The van der Waals surface area contributed by atoms with Crippen LogP contribution in [0.25, 0.3) is 0 Å². The predicted molar refractivity (Wildman–Crippen MR) is 39.2 cm³/mol.